The molecule has 0 bridgehead atoms. The van der Waals surface area contributed by atoms with Crippen LogP contribution in [-0.2, 0) is 31.0 Å². The molecular weight excluding hydrogens is 480 g/mol. The van der Waals surface area contributed by atoms with Crippen LogP contribution < -0.4 is 19.5 Å². The molecule has 3 rings (SSSR count). The van der Waals surface area contributed by atoms with Crippen molar-refractivity contribution in [3.05, 3.63) is 46.4 Å². The van der Waals surface area contributed by atoms with E-state index < -0.39 is 22.5 Å². The predicted molar refractivity (Wildman–Crippen MR) is 111 cm³/mol. The Hall–Kier alpha value is -2.63. The summed E-state index contributed by atoms with van der Waals surface area (Å²) in [4.78, 5) is 23.0. The Morgan fingerprint density at radius 3 is 2.37 bits per heavy atom. The van der Waals surface area contributed by atoms with Crippen molar-refractivity contribution in [3.63, 3.8) is 0 Å². The van der Waals surface area contributed by atoms with E-state index in [1.165, 1.54) is 31.2 Å². The zero-order valence-electron chi connectivity index (χ0n) is 15.9. The van der Waals surface area contributed by atoms with E-state index in [4.69, 9.17) is 14.2 Å². The number of halogens is 1. The van der Waals surface area contributed by atoms with Crippen LogP contribution in [0.5, 0.6) is 11.5 Å². The Morgan fingerprint density at radius 2 is 1.73 bits per heavy atom. The van der Waals surface area contributed by atoms with E-state index in [9.17, 15) is 18.0 Å². The number of carbonyl (C=O) groups excluding carboxylic acids is 2. The highest BCUT2D eigenvalue weighted by molar-refractivity contribution is 9.10. The number of esters is 1. The summed E-state index contributed by atoms with van der Waals surface area (Å²) in [5.74, 6) is 0.144. The summed E-state index contributed by atoms with van der Waals surface area (Å²) in [6.07, 6.45) is 0. The van der Waals surface area contributed by atoms with E-state index in [0.717, 1.165) is 0 Å². The van der Waals surface area contributed by atoms with Gasteiger partial charge in [-0.1, -0.05) is 15.9 Å². The first kappa shape index (κ1) is 22.1. The van der Waals surface area contributed by atoms with Gasteiger partial charge in [0.15, 0.2) is 11.5 Å². The lowest BCUT2D eigenvalue weighted by atomic mass is 10.2. The molecule has 0 aromatic heterocycles. The van der Waals surface area contributed by atoms with Gasteiger partial charge in [0.25, 0.3) is 0 Å². The van der Waals surface area contributed by atoms with E-state index in [1.54, 1.807) is 12.1 Å². The molecule has 2 aromatic rings. The Balaban J connectivity index is 1.54. The minimum Gasteiger partial charge on any atom is -0.486 e. The number of anilines is 1. The quantitative estimate of drug-likeness (QED) is 0.561. The van der Waals surface area contributed by atoms with Crippen molar-refractivity contribution in [2.45, 2.75) is 18.4 Å². The normalized spacial score (nSPS) is 12.9. The van der Waals surface area contributed by atoms with Crippen LogP contribution in [-0.4, -0.2) is 40.1 Å². The summed E-state index contributed by atoms with van der Waals surface area (Å²) in [7, 11) is -3.91. The summed E-state index contributed by atoms with van der Waals surface area (Å²) in [5.41, 5.74) is 1.12. The maximum atomic E-state index is 12.3. The van der Waals surface area contributed by atoms with Crippen LogP contribution in [0.25, 0.3) is 0 Å². The molecule has 30 heavy (non-hydrogen) atoms. The van der Waals surface area contributed by atoms with E-state index in [1.807, 2.05) is 0 Å². The number of benzene rings is 2. The van der Waals surface area contributed by atoms with Gasteiger partial charge in [-0.15, -0.1) is 0 Å². The minimum atomic E-state index is -3.91. The Morgan fingerprint density at radius 1 is 1.10 bits per heavy atom. The number of carbonyl (C=O) groups is 2. The molecule has 0 atom stereocenters. The Kier molecular flexibility index (Phi) is 6.95. The highest BCUT2D eigenvalue weighted by Crippen LogP contribution is 2.35. The maximum Gasteiger partial charge on any atom is 0.321 e. The third kappa shape index (κ3) is 5.71. The van der Waals surface area contributed by atoms with E-state index in [0.29, 0.717) is 40.4 Å². The van der Waals surface area contributed by atoms with Crippen molar-refractivity contribution in [1.29, 1.82) is 0 Å². The van der Waals surface area contributed by atoms with Gasteiger partial charge in [-0.25, -0.2) is 8.42 Å². The number of sulfonamides is 1. The number of amides is 1. The third-order valence-corrected chi connectivity index (χ3v) is 6.15. The van der Waals surface area contributed by atoms with Crippen molar-refractivity contribution in [2.75, 3.05) is 25.1 Å². The molecular formula is C19H19BrN2O7S. The fraction of sp³-hybridized carbons (Fsp3) is 0.263. The Bertz CT molecular complexity index is 1060. The first-order valence-electron chi connectivity index (χ1n) is 8.85. The monoisotopic (exact) mass is 498 g/mol. The molecule has 1 heterocycles. The number of fused-ring (bicyclic) bond motifs is 1. The summed E-state index contributed by atoms with van der Waals surface area (Å²) in [6, 6.07) is 8.98. The average molecular weight is 499 g/mol. The largest absolute Gasteiger partial charge is 0.486 e. The van der Waals surface area contributed by atoms with Crippen molar-refractivity contribution in [1.82, 2.24) is 4.72 Å². The molecule has 160 valence electrons. The molecule has 0 unspecified atom stereocenters. The van der Waals surface area contributed by atoms with Crippen LogP contribution in [0.1, 0.15) is 12.5 Å². The molecule has 9 nitrogen and oxygen atoms in total. The smallest absolute Gasteiger partial charge is 0.321 e. The van der Waals surface area contributed by atoms with Gasteiger partial charge in [0.05, 0.1) is 4.90 Å². The van der Waals surface area contributed by atoms with Gasteiger partial charge in [-0.2, -0.15) is 4.72 Å². The van der Waals surface area contributed by atoms with Crippen molar-refractivity contribution in [3.8, 4) is 11.5 Å². The number of ether oxygens (including phenoxy) is 3. The van der Waals surface area contributed by atoms with Crippen LogP contribution in [0.2, 0.25) is 0 Å². The number of hydrogen-bond acceptors (Lipinski definition) is 7. The van der Waals surface area contributed by atoms with Gasteiger partial charge < -0.3 is 19.5 Å². The molecule has 0 fully saturated rings. The first-order valence-corrected chi connectivity index (χ1v) is 11.1. The molecule has 0 spiro atoms. The molecule has 0 saturated heterocycles. The average Bonchev–Trinajstić information content (AvgIpc) is 2.70. The molecule has 1 aliphatic heterocycles. The lowest BCUT2D eigenvalue weighted by Crippen LogP contribution is -2.30. The zero-order valence-corrected chi connectivity index (χ0v) is 18.3. The molecule has 2 N–H and O–H groups in total. The van der Waals surface area contributed by atoms with Gasteiger partial charge >= 0.3 is 5.97 Å². The second-order valence-corrected chi connectivity index (χ2v) is 8.90. The predicted octanol–water partition coefficient (Wildman–Crippen LogP) is 2.20. The SMILES string of the molecule is CC(=O)Nc1ccc(S(=O)(=O)NCC(=O)OCc2cc3c(cc2Br)OCCO3)cc1. The number of hydrogen-bond donors (Lipinski definition) is 2. The zero-order chi connectivity index (χ0) is 21.7. The van der Waals surface area contributed by atoms with Gasteiger partial charge in [0.1, 0.15) is 26.4 Å². The van der Waals surface area contributed by atoms with Crippen LogP contribution in [0, 0.1) is 0 Å². The summed E-state index contributed by atoms with van der Waals surface area (Å²) >= 11 is 3.38. The van der Waals surface area contributed by atoms with E-state index in [2.05, 4.69) is 26.0 Å². The molecule has 0 saturated carbocycles. The van der Waals surface area contributed by atoms with Crippen LogP contribution in [0.15, 0.2) is 45.8 Å². The van der Waals surface area contributed by atoms with Gasteiger partial charge in [0.2, 0.25) is 15.9 Å². The molecule has 0 radical (unpaired) electrons. The topological polar surface area (TPSA) is 120 Å². The summed E-state index contributed by atoms with van der Waals surface area (Å²) in [5, 5.41) is 2.54. The lowest BCUT2D eigenvalue weighted by Gasteiger charge is -2.19. The minimum absolute atomic E-state index is 0.0426. The van der Waals surface area contributed by atoms with Crippen LogP contribution in [0.3, 0.4) is 0 Å². The van der Waals surface area contributed by atoms with Crippen molar-refractivity contribution < 1.29 is 32.2 Å². The number of nitrogens with one attached hydrogen (secondary N) is 2. The number of rotatable bonds is 7. The highest BCUT2D eigenvalue weighted by Gasteiger charge is 2.18. The fourth-order valence-electron chi connectivity index (χ4n) is 2.58. The lowest BCUT2D eigenvalue weighted by molar-refractivity contribution is -0.143. The third-order valence-electron chi connectivity index (χ3n) is 3.99. The van der Waals surface area contributed by atoms with Crippen LogP contribution >= 0.6 is 15.9 Å². The van der Waals surface area contributed by atoms with Gasteiger partial charge in [-0.3, -0.25) is 9.59 Å². The molecule has 2 aromatic carbocycles. The Labute approximate surface area is 181 Å². The maximum absolute atomic E-state index is 12.3. The standard InChI is InChI=1S/C19H19BrN2O7S/c1-12(23)22-14-2-4-15(5-3-14)30(25,26)21-10-19(24)29-11-13-8-17-18(9-16(13)20)28-7-6-27-17/h2-5,8-9,21H,6-7,10-11H2,1H3,(H,22,23). The van der Waals surface area contributed by atoms with Crippen molar-refractivity contribution in [2.24, 2.45) is 0 Å². The molecule has 1 amide bonds. The van der Waals surface area contributed by atoms with E-state index >= 15 is 0 Å². The van der Waals surface area contributed by atoms with Crippen LogP contribution in [0.4, 0.5) is 5.69 Å². The summed E-state index contributed by atoms with van der Waals surface area (Å²) < 4.78 is 43.6. The molecule has 0 aliphatic carbocycles. The molecule has 1 aliphatic rings. The summed E-state index contributed by atoms with van der Waals surface area (Å²) in [6.45, 7) is 1.65. The highest BCUT2D eigenvalue weighted by atomic mass is 79.9. The van der Waals surface area contributed by atoms with Gasteiger partial charge in [0, 0.05) is 22.6 Å². The second kappa shape index (κ2) is 9.45. The van der Waals surface area contributed by atoms with E-state index in [-0.39, 0.29) is 17.4 Å². The second-order valence-electron chi connectivity index (χ2n) is 6.28. The van der Waals surface area contributed by atoms with Crippen molar-refractivity contribution >= 4 is 43.5 Å². The fourth-order valence-corrected chi connectivity index (χ4v) is 3.99. The first-order chi connectivity index (χ1) is 14.2. The van der Waals surface area contributed by atoms with Gasteiger partial charge in [-0.05, 0) is 36.4 Å². The molecule has 11 heteroatoms.